The highest BCUT2D eigenvalue weighted by molar-refractivity contribution is 7.89. The highest BCUT2D eigenvalue weighted by Gasteiger charge is 2.23. The van der Waals surface area contributed by atoms with E-state index in [-0.39, 0.29) is 23.8 Å². The van der Waals surface area contributed by atoms with Crippen LogP contribution in [0, 0.1) is 6.92 Å². The largest absolute Gasteiger partial charge is 0.359 e. The lowest BCUT2D eigenvalue weighted by atomic mass is 10.1. The Hall–Kier alpha value is -1.44. The zero-order valence-electron chi connectivity index (χ0n) is 12.0. The van der Waals surface area contributed by atoms with Crippen molar-refractivity contribution in [2.24, 2.45) is 5.73 Å². The molecule has 0 bridgehead atoms. The zero-order chi connectivity index (χ0) is 15.3. The van der Waals surface area contributed by atoms with Crippen molar-refractivity contribution in [3.63, 3.8) is 0 Å². The Morgan fingerprint density at radius 3 is 2.55 bits per heavy atom. The van der Waals surface area contributed by atoms with Crippen LogP contribution in [0.2, 0.25) is 0 Å². The Balaban J connectivity index is 2.95. The molecule has 0 atom stereocenters. The van der Waals surface area contributed by atoms with Crippen LogP contribution < -0.4 is 11.1 Å². The average molecular weight is 299 g/mol. The summed E-state index contributed by atoms with van der Waals surface area (Å²) in [5.41, 5.74) is 7.07. The van der Waals surface area contributed by atoms with E-state index in [9.17, 15) is 13.2 Å². The molecular formula is C13H21N3O3S. The molecule has 0 aliphatic rings. The first-order valence-corrected chi connectivity index (χ1v) is 7.73. The Morgan fingerprint density at radius 1 is 1.40 bits per heavy atom. The lowest BCUT2D eigenvalue weighted by Crippen LogP contribution is -2.31. The zero-order valence-corrected chi connectivity index (χ0v) is 12.8. The third-order valence-electron chi connectivity index (χ3n) is 3.10. The van der Waals surface area contributed by atoms with Gasteiger partial charge < -0.3 is 11.1 Å². The summed E-state index contributed by atoms with van der Waals surface area (Å²) in [4.78, 5) is 11.4. The Kier molecular flexibility index (Phi) is 5.67. The summed E-state index contributed by atoms with van der Waals surface area (Å²) in [5.74, 6) is -0.192. The number of carbonyl (C=O) groups excluding carboxylic acids is 1. The van der Waals surface area contributed by atoms with Crippen LogP contribution in [0.25, 0.3) is 0 Å². The average Bonchev–Trinajstić information content (AvgIpc) is 2.43. The third kappa shape index (κ3) is 3.78. The molecule has 112 valence electrons. The lowest BCUT2D eigenvalue weighted by molar-refractivity contribution is -0.120. The number of sulfonamides is 1. The first-order chi connectivity index (χ1) is 9.32. The van der Waals surface area contributed by atoms with Gasteiger partial charge in [0.05, 0.1) is 4.90 Å². The van der Waals surface area contributed by atoms with E-state index in [0.29, 0.717) is 12.1 Å². The predicted molar refractivity (Wildman–Crippen MR) is 77.6 cm³/mol. The van der Waals surface area contributed by atoms with Crippen molar-refractivity contribution in [3.05, 3.63) is 29.3 Å². The summed E-state index contributed by atoms with van der Waals surface area (Å²) in [5, 5.41) is 2.46. The molecule has 0 heterocycles. The van der Waals surface area contributed by atoms with Crippen molar-refractivity contribution in [1.29, 1.82) is 0 Å². The minimum atomic E-state index is -3.59. The lowest BCUT2D eigenvalue weighted by Gasteiger charge is -2.18. The molecule has 1 aromatic rings. The maximum absolute atomic E-state index is 12.4. The molecule has 0 aromatic heterocycles. The molecule has 0 aliphatic carbocycles. The maximum atomic E-state index is 12.4. The molecule has 20 heavy (non-hydrogen) atoms. The number of nitrogens with two attached hydrogens (primary N) is 1. The molecule has 0 unspecified atom stereocenters. The number of hydrogen-bond donors (Lipinski definition) is 2. The summed E-state index contributed by atoms with van der Waals surface area (Å²) in [6.45, 7) is 2.24. The van der Waals surface area contributed by atoms with E-state index >= 15 is 0 Å². The predicted octanol–water partition coefficient (Wildman–Crippen LogP) is 0.210. The third-order valence-corrected chi connectivity index (χ3v) is 5.11. The summed E-state index contributed by atoms with van der Waals surface area (Å²) in [6.07, 6.45) is 0.131. The summed E-state index contributed by atoms with van der Waals surface area (Å²) in [7, 11) is -0.599. The fourth-order valence-electron chi connectivity index (χ4n) is 1.80. The summed E-state index contributed by atoms with van der Waals surface area (Å²) in [6, 6.07) is 5.02. The van der Waals surface area contributed by atoms with E-state index in [4.69, 9.17) is 5.73 Å². The van der Waals surface area contributed by atoms with Crippen molar-refractivity contribution < 1.29 is 13.2 Å². The van der Waals surface area contributed by atoms with Crippen LogP contribution >= 0.6 is 0 Å². The Morgan fingerprint density at radius 2 is 2.05 bits per heavy atom. The van der Waals surface area contributed by atoms with E-state index < -0.39 is 10.0 Å². The molecule has 7 heteroatoms. The van der Waals surface area contributed by atoms with Gasteiger partial charge >= 0.3 is 0 Å². The van der Waals surface area contributed by atoms with Crippen LogP contribution in [0.4, 0.5) is 0 Å². The minimum absolute atomic E-state index is 0.131. The number of nitrogens with zero attached hydrogens (tertiary/aromatic N) is 1. The molecular weight excluding hydrogens is 278 g/mol. The van der Waals surface area contributed by atoms with Gasteiger partial charge in [0, 0.05) is 33.6 Å². The van der Waals surface area contributed by atoms with Crippen molar-refractivity contribution in [1.82, 2.24) is 9.62 Å². The van der Waals surface area contributed by atoms with E-state index in [0.717, 1.165) is 5.56 Å². The SMILES string of the molecule is CNC(=O)CCN(C)S(=O)(=O)c1ccc(CN)cc1C. The molecule has 1 rings (SSSR count). The van der Waals surface area contributed by atoms with Crippen molar-refractivity contribution in [3.8, 4) is 0 Å². The van der Waals surface area contributed by atoms with Gasteiger partial charge in [-0.15, -0.1) is 0 Å². The van der Waals surface area contributed by atoms with Gasteiger partial charge in [-0.1, -0.05) is 12.1 Å². The van der Waals surface area contributed by atoms with Crippen LogP contribution in [0.15, 0.2) is 23.1 Å². The Bertz CT molecular complexity index is 585. The summed E-state index contributed by atoms with van der Waals surface area (Å²) < 4.78 is 26.0. The molecule has 0 spiro atoms. The minimum Gasteiger partial charge on any atom is -0.359 e. The van der Waals surface area contributed by atoms with Crippen LogP contribution in [0.5, 0.6) is 0 Å². The van der Waals surface area contributed by atoms with Gasteiger partial charge in [0.25, 0.3) is 0 Å². The normalized spacial score (nSPS) is 11.7. The van der Waals surface area contributed by atoms with Crippen LogP contribution in [0.1, 0.15) is 17.5 Å². The van der Waals surface area contributed by atoms with E-state index in [1.165, 1.54) is 18.4 Å². The van der Waals surface area contributed by atoms with Gasteiger partial charge in [0.1, 0.15) is 0 Å². The number of rotatable bonds is 6. The van der Waals surface area contributed by atoms with Crippen LogP contribution in [0.3, 0.4) is 0 Å². The van der Waals surface area contributed by atoms with Gasteiger partial charge in [-0.25, -0.2) is 12.7 Å². The topological polar surface area (TPSA) is 92.5 Å². The quantitative estimate of drug-likeness (QED) is 0.785. The number of benzene rings is 1. The first-order valence-electron chi connectivity index (χ1n) is 6.29. The molecule has 1 aromatic carbocycles. The first kappa shape index (κ1) is 16.6. The van der Waals surface area contributed by atoms with Gasteiger partial charge in [-0.2, -0.15) is 0 Å². The van der Waals surface area contributed by atoms with Gasteiger partial charge in [0.2, 0.25) is 15.9 Å². The molecule has 0 fully saturated rings. The number of carbonyl (C=O) groups is 1. The molecule has 0 radical (unpaired) electrons. The number of nitrogens with one attached hydrogen (secondary N) is 1. The smallest absolute Gasteiger partial charge is 0.243 e. The van der Waals surface area contributed by atoms with E-state index in [1.807, 2.05) is 0 Å². The van der Waals surface area contributed by atoms with E-state index in [2.05, 4.69) is 5.32 Å². The number of amides is 1. The van der Waals surface area contributed by atoms with Crippen molar-refractivity contribution in [2.75, 3.05) is 20.6 Å². The molecule has 1 amide bonds. The number of hydrogen-bond acceptors (Lipinski definition) is 4. The van der Waals surface area contributed by atoms with Gasteiger partial charge in [-0.3, -0.25) is 4.79 Å². The van der Waals surface area contributed by atoms with Crippen LogP contribution in [-0.4, -0.2) is 39.3 Å². The maximum Gasteiger partial charge on any atom is 0.243 e. The molecule has 0 saturated carbocycles. The second kappa shape index (κ2) is 6.83. The molecule has 0 saturated heterocycles. The van der Waals surface area contributed by atoms with Gasteiger partial charge in [0.15, 0.2) is 0 Å². The fourth-order valence-corrected chi connectivity index (χ4v) is 3.17. The molecule has 3 N–H and O–H groups in total. The highest BCUT2D eigenvalue weighted by Crippen LogP contribution is 2.20. The van der Waals surface area contributed by atoms with Crippen LogP contribution in [-0.2, 0) is 21.4 Å². The molecule has 6 nitrogen and oxygen atoms in total. The highest BCUT2D eigenvalue weighted by atomic mass is 32.2. The standard InChI is InChI=1S/C13H21N3O3S/c1-10-8-11(9-14)4-5-12(10)20(18,19)16(3)7-6-13(17)15-2/h4-5,8H,6-7,9,14H2,1-3H3,(H,15,17). The monoisotopic (exact) mass is 299 g/mol. The second-order valence-corrected chi connectivity index (χ2v) is 6.57. The van der Waals surface area contributed by atoms with E-state index in [1.54, 1.807) is 25.1 Å². The molecule has 0 aliphatic heterocycles. The second-order valence-electron chi connectivity index (χ2n) is 4.55. The van der Waals surface area contributed by atoms with Crippen molar-refractivity contribution in [2.45, 2.75) is 24.8 Å². The fraction of sp³-hybridized carbons (Fsp3) is 0.462. The number of aryl methyl sites for hydroxylation is 1. The summed E-state index contributed by atoms with van der Waals surface area (Å²) >= 11 is 0. The van der Waals surface area contributed by atoms with Gasteiger partial charge in [-0.05, 0) is 24.1 Å². The Labute approximate surface area is 120 Å². The van der Waals surface area contributed by atoms with Crippen molar-refractivity contribution >= 4 is 15.9 Å².